The molecule has 0 bridgehead atoms. The van der Waals surface area contributed by atoms with Gasteiger partial charge < -0.3 is 9.84 Å². The van der Waals surface area contributed by atoms with Crippen molar-refractivity contribution in [3.05, 3.63) is 29.3 Å². The van der Waals surface area contributed by atoms with E-state index in [9.17, 15) is 15.2 Å². The molecule has 2 rings (SSSR count). The molecule has 0 fully saturated rings. The van der Waals surface area contributed by atoms with E-state index in [-0.39, 0.29) is 11.3 Å². The number of nitrogens with zero attached hydrogens (tertiary/aromatic N) is 3. The van der Waals surface area contributed by atoms with Gasteiger partial charge in [0.15, 0.2) is 11.5 Å². The van der Waals surface area contributed by atoms with Gasteiger partial charge in [-0.3, -0.25) is 10.1 Å². The second-order valence-corrected chi connectivity index (χ2v) is 7.61. The number of aromatic hydroxyl groups is 1. The summed E-state index contributed by atoms with van der Waals surface area (Å²) >= 11 is 2.59. The van der Waals surface area contributed by atoms with Crippen molar-refractivity contribution < 1.29 is 14.6 Å². The summed E-state index contributed by atoms with van der Waals surface area (Å²) in [6, 6.07) is 6.49. The van der Waals surface area contributed by atoms with Gasteiger partial charge in [-0.05, 0) is 36.6 Å². The molecule has 2 N–H and O–H groups in total. The number of nitriles is 1. The quantitative estimate of drug-likeness (QED) is 0.390. The minimum Gasteiger partial charge on any atom is -0.504 e. The van der Waals surface area contributed by atoms with E-state index in [2.05, 4.69) is 28.5 Å². The van der Waals surface area contributed by atoms with Gasteiger partial charge in [-0.2, -0.15) is 14.6 Å². The van der Waals surface area contributed by atoms with E-state index in [4.69, 9.17) is 4.74 Å². The van der Waals surface area contributed by atoms with Crippen LogP contribution in [0, 0.1) is 17.2 Å². The first kappa shape index (κ1) is 20.7. The van der Waals surface area contributed by atoms with Gasteiger partial charge in [0.25, 0.3) is 5.91 Å². The lowest BCUT2D eigenvalue weighted by atomic mass is 10.1. The molecule has 0 spiro atoms. The van der Waals surface area contributed by atoms with Crippen molar-refractivity contribution in [2.45, 2.75) is 25.9 Å². The number of hydrogen-bond acceptors (Lipinski definition) is 8. The van der Waals surface area contributed by atoms with Crippen LogP contribution in [0.25, 0.3) is 6.08 Å². The second-order valence-electron chi connectivity index (χ2n) is 5.87. The summed E-state index contributed by atoms with van der Waals surface area (Å²) in [4.78, 5) is 16.6. The van der Waals surface area contributed by atoms with Gasteiger partial charge in [0, 0.05) is 17.3 Å². The van der Waals surface area contributed by atoms with Crippen LogP contribution >= 0.6 is 23.3 Å². The van der Waals surface area contributed by atoms with Crippen molar-refractivity contribution >= 4 is 40.4 Å². The topological polar surface area (TPSA) is 108 Å². The second kappa shape index (κ2) is 9.94. The van der Waals surface area contributed by atoms with Gasteiger partial charge in [-0.1, -0.05) is 31.7 Å². The maximum Gasteiger partial charge on any atom is 0.268 e. The monoisotopic (exact) mass is 404 g/mol. The van der Waals surface area contributed by atoms with Crippen LogP contribution < -0.4 is 10.1 Å². The summed E-state index contributed by atoms with van der Waals surface area (Å²) in [7, 11) is 0. The van der Waals surface area contributed by atoms with Crippen LogP contribution in [0.3, 0.4) is 0 Å². The summed E-state index contributed by atoms with van der Waals surface area (Å²) < 4.78 is 9.49. The maximum atomic E-state index is 12.4. The minimum atomic E-state index is -0.569. The zero-order valence-electron chi connectivity index (χ0n) is 15.2. The SMILES string of the molecule is CCOc1cc(/C=C(/C#N)C(=O)Nc2nc(SCC(C)C)ns2)ccc1O. The Morgan fingerprint density at radius 2 is 2.30 bits per heavy atom. The fourth-order valence-corrected chi connectivity index (χ4v) is 3.42. The molecule has 0 aliphatic heterocycles. The van der Waals surface area contributed by atoms with Crippen LogP contribution in [-0.2, 0) is 4.79 Å². The smallest absolute Gasteiger partial charge is 0.268 e. The lowest BCUT2D eigenvalue weighted by Gasteiger charge is -2.06. The zero-order valence-corrected chi connectivity index (χ0v) is 16.9. The number of phenols is 1. The first-order valence-corrected chi connectivity index (χ1v) is 10.0. The molecule has 2 aromatic rings. The van der Waals surface area contributed by atoms with Crippen molar-refractivity contribution in [3.63, 3.8) is 0 Å². The molecule has 0 unspecified atom stereocenters. The summed E-state index contributed by atoms with van der Waals surface area (Å²) in [6.45, 7) is 6.39. The Balaban J connectivity index is 2.11. The molecule has 1 heterocycles. The molecule has 0 aliphatic carbocycles. The summed E-state index contributed by atoms with van der Waals surface area (Å²) in [5.41, 5.74) is 0.475. The number of phenolic OH excluding ortho intramolecular Hbond substituents is 1. The van der Waals surface area contributed by atoms with Crippen LogP contribution in [0.5, 0.6) is 11.5 Å². The number of carbonyl (C=O) groups excluding carboxylic acids is 1. The highest BCUT2D eigenvalue weighted by Gasteiger charge is 2.14. The van der Waals surface area contributed by atoms with E-state index in [1.807, 2.05) is 6.07 Å². The molecule has 0 atom stereocenters. The number of aromatic nitrogens is 2. The molecule has 0 saturated heterocycles. The number of benzene rings is 1. The Bertz CT molecular complexity index is 872. The van der Waals surface area contributed by atoms with Gasteiger partial charge in [0.05, 0.1) is 6.61 Å². The third-order valence-electron chi connectivity index (χ3n) is 3.13. The molecule has 0 aliphatic rings. The van der Waals surface area contributed by atoms with E-state index in [1.165, 1.54) is 23.9 Å². The van der Waals surface area contributed by atoms with Crippen LogP contribution in [0.1, 0.15) is 26.3 Å². The fourth-order valence-electron chi connectivity index (χ4n) is 1.93. The Morgan fingerprint density at radius 3 is 2.96 bits per heavy atom. The van der Waals surface area contributed by atoms with Crippen molar-refractivity contribution in [3.8, 4) is 17.6 Å². The Labute approximate surface area is 166 Å². The largest absolute Gasteiger partial charge is 0.504 e. The molecule has 27 heavy (non-hydrogen) atoms. The number of carbonyl (C=O) groups is 1. The van der Waals surface area contributed by atoms with E-state index in [0.29, 0.717) is 34.1 Å². The van der Waals surface area contributed by atoms with Crippen molar-refractivity contribution in [1.82, 2.24) is 9.36 Å². The van der Waals surface area contributed by atoms with Gasteiger partial charge in [-0.25, -0.2) is 0 Å². The highest BCUT2D eigenvalue weighted by atomic mass is 32.2. The van der Waals surface area contributed by atoms with Gasteiger partial charge in [-0.15, -0.1) is 0 Å². The first-order valence-electron chi connectivity index (χ1n) is 8.28. The number of nitrogens with one attached hydrogen (secondary N) is 1. The molecule has 9 heteroatoms. The Morgan fingerprint density at radius 1 is 1.52 bits per heavy atom. The third kappa shape index (κ3) is 6.27. The van der Waals surface area contributed by atoms with E-state index < -0.39 is 5.91 Å². The number of ether oxygens (including phenoxy) is 1. The molecule has 0 radical (unpaired) electrons. The standard InChI is InChI=1S/C18H20N4O3S2/c1-4-25-15-8-12(5-6-14(15)23)7-13(9-19)16(24)20-17-21-18(22-27-17)26-10-11(2)3/h5-8,11,23H,4,10H2,1-3H3,(H,20,21,22,24)/b13-7-. The highest BCUT2D eigenvalue weighted by molar-refractivity contribution is 7.99. The number of hydrogen-bond donors (Lipinski definition) is 2. The van der Waals surface area contributed by atoms with Gasteiger partial charge >= 0.3 is 0 Å². The highest BCUT2D eigenvalue weighted by Crippen LogP contribution is 2.28. The molecule has 1 aromatic carbocycles. The maximum absolute atomic E-state index is 12.4. The average Bonchev–Trinajstić information content (AvgIpc) is 3.08. The van der Waals surface area contributed by atoms with E-state index in [1.54, 1.807) is 19.1 Å². The summed E-state index contributed by atoms with van der Waals surface area (Å²) in [6.07, 6.45) is 1.42. The predicted molar refractivity (Wildman–Crippen MR) is 107 cm³/mol. The third-order valence-corrected chi connectivity index (χ3v) is 5.15. The van der Waals surface area contributed by atoms with Crippen molar-refractivity contribution in [2.75, 3.05) is 17.7 Å². The van der Waals surface area contributed by atoms with Crippen molar-refractivity contribution in [1.29, 1.82) is 5.26 Å². The number of rotatable bonds is 8. The molecule has 1 amide bonds. The summed E-state index contributed by atoms with van der Waals surface area (Å²) in [5.74, 6) is 1.12. The summed E-state index contributed by atoms with van der Waals surface area (Å²) in [5, 5.41) is 22.6. The molecule has 142 valence electrons. The average molecular weight is 405 g/mol. The molecular formula is C18H20N4O3S2. The molecule has 1 aromatic heterocycles. The van der Waals surface area contributed by atoms with Crippen LogP contribution in [0.2, 0.25) is 0 Å². The normalized spacial score (nSPS) is 11.3. The van der Waals surface area contributed by atoms with Crippen LogP contribution in [0.4, 0.5) is 5.13 Å². The Hall–Kier alpha value is -2.57. The number of thioether (sulfide) groups is 1. The van der Waals surface area contributed by atoms with E-state index in [0.717, 1.165) is 17.3 Å². The van der Waals surface area contributed by atoms with E-state index >= 15 is 0 Å². The van der Waals surface area contributed by atoms with Crippen molar-refractivity contribution in [2.24, 2.45) is 5.92 Å². The molecule has 7 nitrogen and oxygen atoms in total. The first-order chi connectivity index (χ1) is 12.9. The number of amides is 1. The van der Waals surface area contributed by atoms with Crippen LogP contribution in [0.15, 0.2) is 28.9 Å². The van der Waals surface area contributed by atoms with Gasteiger partial charge in [0.2, 0.25) is 10.3 Å². The molecule has 0 saturated carbocycles. The fraction of sp³-hybridized carbons (Fsp3) is 0.333. The lowest BCUT2D eigenvalue weighted by Crippen LogP contribution is -2.13. The lowest BCUT2D eigenvalue weighted by molar-refractivity contribution is -0.112. The van der Waals surface area contributed by atoms with Crippen LogP contribution in [-0.4, -0.2) is 32.7 Å². The number of anilines is 1. The van der Waals surface area contributed by atoms with Gasteiger partial charge in [0.1, 0.15) is 11.6 Å². The predicted octanol–water partition coefficient (Wildman–Crippen LogP) is 3.94. The zero-order chi connectivity index (χ0) is 19.8. The molecular weight excluding hydrogens is 384 g/mol. The minimum absolute atomic E-state index is 0.00255. The Kier molecular flexibility index (Phi) is 7.64.